The SMILES string of the molecule is OC[C@H](NC[C@@H]1C[C@H]2C=C[C@H]1C2)c1ccco1. The number of allylic oxidation sites excluding steroid dienone is 2. The third-order valence-corrected chi connectivity index (χ3v) is 4.11. The average Bonchev–Trinajstić information content (AvgIpc) is 3.06. The Hall–Kier alpha value is -1.06. The van der Waals surface area contributed by atoms with Gasteiger partial charge in [0.2, 0.25) is 0 Å². The maximum atomic E-state index is 9.37. The van der Waals surface area contributed by atoms with Crippen LogP contribution in [0.1, 0.15) is 24.6 Å². The van der Waals surface area contributed by atoms with Crippen molar-refractivity contribution in [2.24, 2.45) is 17.8 Å². The highest BCUT2D eigenvalue weighted by Crippen LogP contribution is 2.43. The molecule has 1 fully saturated rings. The molecule has 4 atom stereocenters. The lowest BCUT2D eigenvalue weighted by Crippen LogP contribution is -2.30. The lowest BCUT2D eigenvalue weighted by atomic mass is 9.93. The summed E-state index contributed by atoms with van der Waals surface area (Å²) in [5, 5.41) is 12.8. The Morgan fingerprint density at radius 3 is 2.94 bits per heavy atom. The largest absolute Gasteiger partial charge is 0.468 e. The summed E-state index contributed by atoms with van der Waals surface area (Å²) in [7, 11) is 0. The van der Waals surface area contributed by atoms with E-state index in [0.29, 0.717) is 0 Å². The van der Waals surface area contributed by atoms with Crippen molar-refractivity contribution in [3.63, 3.8) is 0 Å². The summed E-state index contributed by atoms with van der Waals surface area (Å²) in [4.78, 5) is 0. The maximum Gasteiger partial charge on any atom is 0.123 e. The number of hydrogen-bond donors (Lipinski definition) is 2. The van der Waals surface area contributed by atoms with Crippen molar-refractivity contribution in [2.75, 3.05) is 13.2 Å². The molecule has 1 heterocycles. The van der Waals surface area contributed by atoms with Crippen LogP contribution in [0.2, 0.25) is 0 Å². The van der Waals surface area contributed by atoms with E-state index in [4.69, 9.17) is 4.42 Å². The highest BCUT2D eigenvalue weighted by Gasteiger charge is 2.35. The van der Waals surface area contributed by atoms with Crippen molar-refractivity contribution in [1.82, 2.24) is 5.32 Å². The molecule has 3 rings (SSSR count). The first-order chi connectivity index (χ1) is 8.36. The van der Waals surface area contributed by atoms with Crippen LogP contribution in [0, 0.1) is 17.8 Å². The van der Waals surface area contributed by atoms with Crippen LogP contribution >= 0.6 is 0 Å². The number of fused-ring (bicyclic) bond motifs is 2. The van der Waals surface area contributed by atoms with Crippen LogP contribution < -0.4 is 5.32 Å². The van der Waals surface area contributed by atoms with Crippen molar-refractivity contribution >= 4 is 0 Å². The predicted molar refractivity (Wildman–Crippen MR) is 65.4 cm³/mol. The number of aliphatic hydroxyl groups excluding tert-OH is 1. The van der Waals surface area contributed by atoms with Gasteiger partial charge in [-0.05, 0) is 49.3 Å². The highest BCUT2D eigenvalue weighted by atomic mass is 16.3. The molecule has 1 aromatic rings. The number of hydrogen-bond acceptors (Lipinski definition) is 3. The van der Waals surface area contributed by atoms with E-state index in [1.54, 1.807) is 6.26 Å². The summed E-state index contributed by atoms with van der Waals surface area (Å²) in [6.07, 6.45) is 9.00. The second kappa shape index (κ2) is 4.67. The zero-order valence-corrected chi connectivity index (χ0v) is 9.88. The van der Waals surface area contributed by atoms with E-state index in [1.165, 1.54) is 12.8 Å². The molecular weight excluding hydrogens is 214 g/mol. The standard InChI is InChI=1S/C14H19NO2/c16-9-13(14-2-1-5-17-14)15-8-12-7-10-3-4-11(12)6-10/h1-5,10-13,15-16H,6-9H2/t10-,11-,12-,13-/m0/s1. The molecule has 3 nitrogen and oxygen atoms in total. The molecule has 17 heavy (non-hydrogen) atoms. The molecule has 2 bridgehead atoms. The van der Waals surface area contributed by atoms with Gasteiger partial charge >= 0.3 is 0 Å². The van der Waals surface area contributed by atoms with Gasteiger partial charge in [0.25, 0.3) is 0 Å². The van der Waals surface area contributed by atoms with Gasteiger partial charge in [0.1, 0.15) is 5.76 Å². The topological polar surface area (TPSA) is 45.4 Å². The van der Waals surface area contributed by atoms with Gasteiger partial charge in [0.05, 0.1) is 18.9 Å². The highest BCUT2D eigenvalue weighted by molar-refractivity contribution is 5.11. The molecule has 0 unspecified atom stereocenters. The van der Waals surface area contributed by atoms with E-state index in [1.807, 2.05) is 12.1 Å². The quantitative estimate of drug-likeness (QED) is 0.766. The molecule has 0 spiro atoms. The zero-order chi connectivity index (χ0) is 11.7. The number of aliphatic hydroxyl groups is 1. The Morgan fingerprint density at radius 1 is 1.41 bits per heavy atom. The van der Waals surface area contributed by atoms with E-state index >= 15 is 0 Å². The van der Waals surface area contributed by atoms with Gasteiger partial charge < -0.3 is 14.8 Å². The van der Waals surface area contributed by atoms with Gasteiger partial charge in [-0.3, -0.25) is 0 Å². The molecule has 0 aliphatic heterocycles. The smallest absolute Gasteiger partial charge is 0.123 e. The number of furan rings is 1. The Bertz CT molecular complexity index is 385. The minimum absolute atomic E-state index is 0.0619. The maximum absolute atomic E-state index is 9.37. The molecular formula is C14H19NO2. The molecule has 0 amide bonds. The van der Waals surface area contributed by atoms with Crippen molar-refractivity contribution in [2.45, 2.75) is 18.9 Å². The van der Waals surface area contributed by atoms with Crippen molar-refractivity contribution in [3.05, 3.63) is 36.3 Å². The fourth-order valence-corrected chi connectivity index (χ4v) is 3.17. The predicted octanol–water partition coefficient (Wildman–Crippen LogP) is 2.11. The number of nitrogens with one attached hydrogen (secondary N) is 1. The first-order valence-electron chi connectivity index (χ1n) is 6.43. The summed E-state index contributed by atoms with van der Waals surface area (Å²) < 4.78 is 5.33. The molecule has 2 aliphatic rings. The minimum Gasteiger partial charge on any atom is -0.468 e. The summed E-state index contributed by atoms with van der Waals surface area (Å²) in [5.41, 5.74) is 0. The van der Waals surface area contributed by atoms with Crippen molar-refractivity contribution < 1.29 is 9.52 Å². The summed E-state index contributed by atoms with van der Waals surface area (Å²) in [5.74, 6) is 3.12. The van der Waals surface area contributed by atoms with Gasteiger partial charge in [-0.25, -0.2) is 0 Å². The number of rotatable bonds is 5. The monoisotopic (exact) mass is 233 g/mol. The van der Waals surface area contributed by atoms with E-state index < -0.39 is 0 Å². The van der Waals surface area contributed by atoms with Gasteiger partial charge in [-0.1, -0.05) is 12.2 Å². The Morgan fingerprint density at radius 2 is 2.35 bits per heavy atom. The Labute approximate surface area is 102 Å². The second-order valence-corrected chi connectivity index (χ2v) is 5.20. The van der Waals surface area contributed by atoms with Crippen LogP contribution in [-0.2, 0) is 0 Å². The molecule has 3 heteroatoms. The van der Waals surface area contributed by atoms with Crippen LogP contribution in [0.15, 0.2) is 35.0 Å². The fraction of sp³-hybridized carbons (Fsp3) is 0.571. The molecule has 0 saturated heterocycles. The van der Waals surface area contributed by atoms with E-state index in [2.05, 4.69) is 17.5 Å². The molecule has 1 aromatic heterocycles. The lowest BCUT2D eigenvalue weighted by Gasteiger charge is -2.21. The molecule has 0 aromatic carbocycles. The third-order valence-electron chi connectivity index (χ3n) is 4.11. The molecule has 1 saturated carbocycles. The van der Waals surface area contributed by atoms with Gasteiger partial charge in [-0.15, -0.1) is 0 Å². The van der Waals surface area contributed by atoms with Crippen LogP contribution in [0.3, 0.4) is 0 Å². The van der Waals surface area contributed by atoms with Gasteiger partial charge in [-0.2, -0.15) is 0 Å². The first kappa shape index (κ1) is 11.1. The minimum atomic E-state index is -0.0619. The van der Waals surface area contributed by atoms with Crippen LogP contribution in [0.5, 0.6) is 0 Å². The summed E-state index contributed by atoms with van der Waals surface area (Å²) in [6.45, 7) is 1.06. The lowest BCUT2D eigenvalue weighted by molar-refractivity contribution is 0.218. The van der Waals surface area contributed by atoms with Gasteiger partial charge in [0, 0.05) is 0 Å². The van der Waals surface area contributed by atoms with Gasteiger partial charge in [0.15, 0.2) is 0 Å². The molecule has 92 valence electrons. The van der Waals surface area contributed by atoms with E-state index in [-0.39, 0.29) is 12.6 Å². The first-order valence-corrected chi connectivity index (χ1v) is 6.43. The van der Waals surface area contributed by atoms with Crippen molar-refractivity contribution in [1.29, 1.82) is 0 Å². The molecule has 0 radical (unpaired) electrons. The molecule has 2 aliphatic carbocycles. The summed E-state index contributed by atoms with van der Waals surface area (Å²) in [6, 6.07) is 3.71. The second-order valence-electron chi connectivity index (χ2n) is 5.20. The van der Waals surface area contributed by atoms with E-state index in [0.717, 1.165) is 30.1 Å². The third kappa shape index (κ3) is 2.17. The van der Waals surface area contributed by atoms with E-state index in [9.17, 15) is 5.11 Å². The normalized spacial score (nSPS) is 32.2. The van der Waals surface area contributed by atoms with Crippen LogP contribution in [0.25, 0.3) is 0 Å². The van der Waals surface area contributed by atoms with Crippen LogP contribution in [-0.4, -0.2) is 18.3 Å². The Balaban J connectivity index is 1.55. The average molecular weight is 233 g/mol. The fourth-order valence-electron chi connectivity index (χ4n) is 3.17. The molecule has 2 N–H and O–H groups in total. The van der Waals surface area contributed by atoms with Crippen molar-refractivity contribution in [3.8, 4) is 0 Å². The zero-order valence-electron chi connectivity index (χ0n) is 9.88. The van der Waals surface area contributed by atoms with Crippen LogP contribution in [0.4, 0.5) is 0 Å². The summed E-state index contributed by atoms with van der Waals surface area (Å²) >= 11 is 0. The Kier molecular flexibility index (Phi) is 3.04.